The molecule has 210 valence electrons. The minimum absolute atomic E-state index is 0.159. The number of benzene rings is 3. The van der Waals surface area contributed by atoms with Crippen LogP contribution in [0.4, 0.5) is 20.6 Å². The molecular formula is C32H31FN4O4. The molecule has 2 heterocycles. The topological polar surface area (TPSA) is 94.7 Å². The SMILES string of the molecule is CCOC(=O)C1=CN(C(=O)c2ccc(F)cc2)CC(C)(C)c2c1[nH]c1ccc(NC(=O)N(C)c3ccccc3)cc21. The molecule has 3 aromatic carbocycles. The molecule has 0 aliphatic carbocycles. The fraction of sp³-hybridized carbons (Fsp3) is 0.219. The number of H-pyrrole nitrogens is 1. The van der Waals surface area contributed by atoms with Crippen LogP contribution in [0.1, 0.15) is 42.4 Å². The van der Waals surface area contributed by atoms with Gasteiger partial charge in [0, 0.05) is 53.0 Å². The maximum atomic E-state index is 13.5. The number of carbonyl (C=O) groups excluding carboxylic acids is 3. The molecule has 0 radical (unpaired) electrons. The quantitative estimate of drug-likeness (QED) is 0.283. The van der Waals surface area contributed by atoms with Crippen molar-refractivity contribution >= 4 is 45.8 Å². The summed E-state index contributed by atoms with van der Waals surface area (Å²) in [5.74, 6) is -1.39. The molecule has 1 aliphatic heterocycles. The number of fused-ring (bicyclic) bond motifs is 3. The van der Waals surface area contributed by atoms with E-state index in [4.69, 9.17) is 4.74 Å². The van der Waals surface area contributed by atoms with Crippen LogP contribution in [0, 0.1) is 5.82 Å². The van der Waals surface area contributed by atoms with Gasteiger partial charge in [-0.3, -0.25) is 9.69 Å². The average molecular weight is 555 g/mol. The maximum Gasteiger partial charge on any atom is 0.341 e. The summed E-state index contributed by atoms with van der Waals surface area (Å²) in [6.45, 7) is 6.08. The molecule has 8 nitrogen and oxygen atoms in total. The zero-order valence-corrected chi connectivity index (χ0v) is 23.3. The first-order valence-electron chi connectivity index (χ1n) is 13.3. The number of aromatic amines is 1. The largest absolute Gasteiger partial charge is 0.462 e. The molecule has 5 rings (SSSR count). The second kappa shape index (κ2) is 10.9. The number of esters is 1. The standard InChI is InChI=1S/C32H31FN4O4/c1-5-41-30(39)25-18-37(29(38)20-11-13-21(33)14-12-20)19-32(2,3)27-24-17-22(15-16-26(24)35-28(25)27)34-31(40)36(4)23-9-7-6-8-10-23/h6-18,35H,5,19H2,1-4H3,(H,34,40). The maximum absolute atomic E-state index is 13.5. The van der Waals surface area contributed by atoms with E-state index in [9.17, 15) is 18.8 Å². The van der Waals surface area contributed by atoms with Crippen molar-refractivity contribution < 1.29 is 23.5 Å². The Labute approximate surface area is 237 Å². The third-order valence-electron chi connectivity index (χ3n) is 7.14. The second-order valence-corrected chi connectivity index (χ2v) is 10.5. The van der Waals surface area contributed by atoms with Crippen LogP contribution in [0.5, 0.6) is 0 Å². The van der Waals surface area contributed by atoms with Gasteiger partial charge in [0.15, 0.2) is 0 Å². The van der Waals surface area contributed by atoms with E-state index < -0.39 is 17.2 Å². The Bertz CT molecular complexity index is 1660. The van der Waals surface area contributed by atoms with Crippen LogP contribution in [0.25, 0.3) is 16.5 Å². The van der Waals surface area contributed by atoms with Crippen LogP contribution >= 0.6 is 0 Å². The second-order valence-electron chi connectivity index (χ2n) is 10.5. The molecule has 0 unspecified atom stereocenters. The van der Waals surface area contributed by atoms with E-state index in [0.29, 0.717) is 16.9 Å². The number of rotatable bonds is 5. The lowest BCUT2D eigenvalue weighted by atomic mass is 9.81. The Morgan fingerprint density at radius 1 is 1.05 bits per heavy atom. The number of halogens is 1. The predicted molar refractivity (Wildman–Crippen MR) is 157 cm³/mol. The molecule has 2 N–H and O–H groups in total. The molecule has 41 heavy (non-hydrogen) atoms. The minimum Gasteiger partial charge on any atom is -0.462 e. The predicted octanol–water partition coefficient (Wildman–Crippen LogP) is 6.31. The summed E-state index contributed by atoms with van der Waals surface area (Å²) >= 11 is 0. The van der Waals surface area contributed by atoms with Crippen molar-refractivity contribution in [1.29, 1.82) is 0 Å². The third kappa shape index (κ3) is 5.43. The third-order valence-corrected chi connectivity index (χ3v) is 7.14. The van der Waals surface area contributed by atoms with Gasteiger partial charge in [0.05, 0.1) is 17.9 Å². The minimum atomic E-state index is -0.641. The number of para-hydroxylation sites is 1. The van der Waals surface area contributed by atoms with Gasteiger partial charge in [0.2, 0.25) is 0 Å². The first-order chi connectivity index (χ1) is 19.6. The lowest BCUT2D eigenvalue weighted by Crippen LogP contribution is -2.37. The Morgan fingerprint density at radius 3 is 2.44 bits per heavy atom. The van der Waals surface area contributed by atoms with Gasteiger partial charge in [-0.2, -0.15) is 0 Å². The molecule has 0 bridgehead atoms. The van der Waals surface area contributed by atoms with Gasteiger partial charge in [-0.15, -0.1) is 0 Å². The fourth-order valence-electron chi connectivity index (χ4n) is 5.17. The number of hydrogen-bond acceptors (Lipinski definition) is 4. The lowest BCUT2D eigenvalue weighted by molar-refractivity contribution is -0.136. The molecule has 0 fully saturated rings. The van der Waals surface area contributed by atoms with Crippen molar-refractivity contribution in [1.82, 2.24) is 9.88 Å². The van der Waals surface area contributed by atoms with E-state index in [2.05, 4.69) is 10.3 Å². The van der Waals surface area contributed by atoms with E-state index >= 15 is 0 Å². The van der Waals surface area contributed by atoms with Gasteiger partial charge in [0.25, 0.3) is 5.91 Å². The van der Waals surface area contributed by atoms with Crippen molar-refractivity contribution in [3.8, 4) is 0 Å². The molecule has 0 spiro atoms. The molecule has 0 saturated heterocycles. The van der Waals surface area contributed by atoms with Gasteiger partial charge in [-0.25, -0.2) is 14.0 Å². The summed E-state index contributed by atoms with van der Waals surface area (Å²) < 4.78 is 18.9. The number of anilines is 2. The molecule has 0 atom stereocenters. The van der Waals surface area contributed by atoms with Crippen LogP contribution in [-0.4, -0.2) is 48.0 Å². The average Bonchev–Trinajstić information content (AvgIpc) is 3.29. The van der Waals surface area contributed by atoms with Gasteiger partial charge in [-0.1, -0.05) is 32.0 Å². The van der Waals surface area contributed by atoms with Gasteiger partial charge in [-0.05, 0) is 67.1 Å². The van der Waals surface area contributed by atoms with Gasteiger partial charge >= 0.3 is 12.0 Å². The smallest absolute Gasteiger partial charge is 0.341 e. The molecule has 1 aromatic heterocycles. The van der Waals surface area contributed by atoms with Crippen LogP contribution in [0.3, 0.4) is 0 Å². The Balaban J connectivity index is 1.56. The highest BCUT2D eigenvalue weighted by Gasteiger charge is 2.37. The molecule has 9 heteroatoms. The van der Waals surface area contributed by atoms with Gasteiger partial charge < -0.3 is 19.9 Å². The molecule has 1 aliphatic rings. The number of nitrogens with zero attached hydrogens (tertiary/aromatic N) is 2. The number of ether oxygens (including phenoxy) is 1. The number of aromatic nitrogens is 1. The van der Waals surface area contributed by atoms with E-state index in [1.165, 1.54) is 40.3 Å². The Hall–Kier alpha value is -4.92. The van der Waals surface area contributed by atoms with Gasteiger partial charge in [0.1, 0.15) is 5.82 Å². The molecule has 0 saturated carbocycles. The normalized spacial score (nSPS) is 14.1. The number of hydrogen-bond donors (Lipinski definition) is 2. The van der Waals surface area contributed by atoms with Crippen LogP contribution in [0.15, 0.2) is 79.0 Å². The van der Waals surface area contributed by atoms with Crippen molar-refractivity contribution in [2.45, 2.75) is 26.2 Å². The summed E-state index contributed by atoms with van der Waals surface area (Å²) in [4.78, 5) is 46.1. The number of nitrogens with one attached hydrogen (secondary N) is 2. The highest BCUT2D eigenvalue weighted by atomic mass is 19.1. The van der Waals surface area contributed by atoms with Crippen molar-refractivity contribution in [2.24, 2.45) is 0 Å². The molecular weight excluding hydrogens is 523 g/mol. The Morgan fingerprint density at radius 2 is 1.76 bits per heavy atom. The number of carbonyl (C=O) groups is 3. The van der Waals surface area contributed by atoms with Crippen LogP contribution < -0.4 is 10.2 Å². The van der Waals surface area contributed by atoms with Crippen molar-refractivity contribution in [2.75, 3.05) is 30.4 Å². The monoisotopic (exact) mass is 554 g/mol. The van der Waals surface area contributed by atoms with Crippen LogP contribution in [-0.2, 0) is 14.9 Å². The zero-order chi connectivity index (χ0) is 29.3. The first kappa shape index (κ1) is 27.6. The van der Waals surface area contributed by atoms with E-state index in [0.717, 1.165) is 22.2 Å². The highest BCUT2D eigenvalue weighted by Crippen LogP contribution is 2.41. The first-order valence-corrected chi connectivity index (χ1v) is 13.3. The fourth-order valence-corrected chi connectivity index (χ4v) is 5.17. The summed E-state index contributed by atoms with van der Waals surface area (Å²) in [5.41, 5.74) is 3.31. The molecule has 3 amide bonds. The van der Waals surface area contributed by atoms with E-state index in [-0.39, 0.29) is 30.7 Å². The summed E-state index contributed by atoms with van der Waals surface area (Å²) in [7, 11) is 1.69. The van der Waals surface area contributed by atoms with Crippen molar-refractivity contribution in [3.05, 3.63) is 102 Å². The summed E-state index contributed by atoms with van der Waals surface area (Å²) in [6.07, 6.45) is 1.50. The number of urea groups is 1. The summed E-state index contributed by atoms with van der Waals surface area (Å²) in [5, 5.41) is 3.75. The lowest BCUT2D eigenvalue weighted by Gasteiger charge is -2.29. The number of amides is 3. The van der Waals surface area contributed by atoms with Crippen LogP contribution in [0.2, 0.25) is 0 Å². The summed E-state index contributed by atoms with van der Waals surface area (Å²) in [6, 6.07) is 19.8. The zero-order valence-electron chi connectivity index (χ0n) is 23.3. The highest BCUT2D eigenvalue weighted by molar-refractivity contribution is 6.18. The van der Waals surface area contributed by atoms with E-state index in [1.54, 1.807) is 20.0 Å². The Kier molecular flexibility index (Phi) is 7.36. The molecule has 4 aromatic rings. The van der Waals surface area contributed by atoms with Crippen molar-refractivity contribution in [3.63, 3.8) is 0 Å². The van der Waals surface area contributed by atoms with E-state index in [1.807, 2.05) is 56.3 Å².